The van der Waals surface area contributed by atoms with E-state index in [0.29, 0.717) is 19.7 Å². The molecule has 0 fully saturated rings. The van der Waals surface area contributed by atoms with Crippen molar-refractivity contribution >= 4 is 11.9 Å². The van der Waals surface area contributed by atoms with E-state index in [1.807, 2.05) is 0 Å². The summed E-state index contributed by atoms with van der Waals surface area (Å²) in [5.74, 6) is -1.42. The third-order valence-electron chi connectivity index (χ3n) is 2.20. The van der Waals surface area contributed by atoms with Crippen LogP contribution in [0.2, 0.25) is 0 Å². The van der Waals surface area contributed by atoms with Crippen LogP contribution in [0.3, 0.4) is 0 Å². The lowest BCUT2D eigenvalue weighted by atomic mass is 10.1. The smallest absolute Gasteiger partial charge is 0.335 e. The second-order valence-corrected chi connectivity index (χ2v) is 3.70. The molecule has 0 aliphatic heterocycles. The highest BCUT2D eigenvalue weighted by Crippen LogP contribution is 2.03. The molecule has 1 amide bonds. The van der Waals surface area contributed by atoms with Gasteiger partial charge in [0.05, 0.1) is 12.2 Å². The minimum absolute atomic E-state index is 0.0744. The number of carboxylic acid groups (broad SMARTS) is 1. The molecule has 0 aromatic heterocycles. The number of aromatic carboxylic acids is 1. The van der Waals surface area contributed by atoms with Crippen molar-refractivity contribution in [2.75, 3.05) is 19.8 Å². The molecule has 0 bridgehead atoms. The number of nitrogens with two attached hydrogens (primary N) is 1. The predicted octanol–water partition coefficient (Wildman–Crippen LogP) is -0.0237. The maximum absolute atomic E-state index is 10.6. The fourth-order valence-electron chi connectivity index (χ4n) is 1.31. The number of ether oxygens (including phenoxy) is 1. The van der Waals surface area contributed by atoms with Gasteiger partial charge in [0.25, 0.3) is 0 Å². The highest BCUT2D eigenvalue weighted by molar-refractivity contribution is 5.87. The molecule has 4 N–H and O–H groups in total. The molecule has 98 valence electrons. The van der Waals surface area contributed by atoms with Gasteiger partial charge in [0, 0.05) is 13.1 Å². The summed E-state index contributed by atoms with van der Waals surface area (Å²) in [5, 5.41) is 11.8. The van der Waals surface area contributed by atoms with Gasteiger partial charge in [-0.05, 0) is 17.7 Å². The SMILES string of the molecule is NC(=O)COCCNCc1ccc(C(=O)O)cc1. The normalized spacial score (nSPS) is 10.2. The number of benzene rings is 1. The number of rotatable bonds is 8. The Morgan fingerprint density at radius 1 is 1.28 bits per heavy atom. The first-order valence-electron chi connectivity index (χ1n) is 5.48. The van der Waals surface area contributed by atoms with E-state index in [4.69, 9.17) is 15.6 Å². The van der Waals surface area contributed by atoms with Crippen molar-refractivity contribution in [3.05, 3.63) is 35.4 Å². The molecule has 0 spiro atoms. The summed E-state index contributed by atoms with van der Waals surface area (Å²) >= 11 is 0. The molecule has 1 aromatic rings. The third-order valence-corrected chi connectivity index (χ3v) is 2.20. The summed E-state index contributed by atoms with van der Waals surface area (Å²) in [7, 11) is 0. The van der Waals surface area contributed by atoms with Gasteiger partial charge in [-0.1, -0.05) is 12.1 Å². The first kappa shape index (κ1) is 14.1. The molecule has 0 heterocycles. The van der Waals surface area contributed by atoms with Crippen molar-refractivity contribution < 1.29 is 19.4 Å². The van der Waals surface area contributed by atoms with Crippen LogP contribution >= 0.6 is 0 Å². The van der Waals surface area contributed by atoms with E-state index >= 15 is 0 Å². The molecule has 0 aliphatic rings. The number of carboxylic acids is 1. The molecule has 6 heteroatoms. The molecule has 1 aromatic carbocycles. The van der Waals surface area contributed by atoms with Crippen molar-refractivity contribution in [1.29, 1.82) is 0 Å². The van der Waals surface area contributed by atoms with Crippen LogP contribution in [-0.4, -0.2) is 36.7 Å². The van der Waals surface area contributed by atoms with Gasteiger partial charge in [0.2, 0.25) is 5.91 Å². The van der Waals surface area contributed by atoms with Crippen LogP contribution in [0.4, 0.5) is 0 Å². The largest absolute Gasteiger partial charge is 0.478 e. The predicted molar refractivity (Wildman–Crippen MR) is 65.1 cm³/mol. The van der Waals surface area contributed by atoms with E-state index in [-0.39, 0.29) is 12.2 Å². The highest BCUT2D eigenvalue weighted by Gasteiger charge is 2.01. The number of nitrogens with one attached hydrogen (secondary N) is 1. The number of primary amides is 1. The molecule has 0 aliphatic carbocycles. The Kier molecular flexibility index (Phi) is 5.83. The fourth-order valence-corrected chi connectivity index (χ4v) is 1.31. The zero-order valence-electron chi connectivity index (χ0n) is 9.89. The maximum atomic E-state index is 10.6. The topological polar surface area (TPSA) is 102 Å². The van der Waals surface area contributed by atoms with Crippen molar-refractivity contribution in [2.45, 2.75) is 6.54 Å². The number of amides is 1. The summed E-state index contributed by atoms with van der Waals surface area (Å²) in [6, 6.07) is 6.62. The van der Waals surface area contributed by atoms with Gasteiger partial charge >= 0.3 is 5.97 Å². The van der Waals surface area contributed by atoms with E-state index in [2.05, 4.69) is 5.32 Å². The van der Waals surface area contributed by atoms with Gasteiger partial charge in [-0.3, -0.25) is 4.79 Å². The summed E-state index contributed by atoms with van der Waals surface area (Å²) in [6.45, 7) is 1.53. The van der Waals surface area contributed by atoms with Crippen LogP contribution in [0.15, 0.2) is 24.3 Å². The average molecular weight is 252 g/mol. The molecule has 0 saturated carbocycles. The standard InChI is InChI=1S/C12H16N2O4/c13-11(15)8-18-6-5-14-7-9-1-3-10(4-2-9)12(16)17/h1-4,14H,5-8H2,(H2,13,15)(H,16,17). The molecule has 1 rings (SSSR count). The molecule has 0 unspecified atom stereocenters. The van der Waals surface area contributed by atoms with Crippen molar-refractivity contribution in [3.8, 4) is 0 Å². The van der Waals surface area contributed by atoms with Gasteiger partial charge in [-0.15, -0.1) is 0 Å². The second kappa shape index (κ2) is 7.41. The molecule has 0 radical (unpaired) electrons. The van der Waals surface area contributed by atoms with Crippen LogP contribution in [-0.2, 0) is 16.1 Å². The monoisotopic (exact) mass is 252 g/mol. The average Bonchev–Trinajstić information content (AvgIpc) is 2.34. The van der Waals surface area contributed by atoms with Gasteiger partial charge < -0.3 is 20.9 Å². The van der Waals surface area contributed by atoms with Crippen LogP contribution in [0.1, 0.15) is 15.9 Å². The van der Waals surface area contributed by atoms with Crippen molar-refractivity contribution in [1.82, 2.24) is 5.32 Å². The number of carbonyl (C=O) groups is 2. The van der Waals surface area contributed by atoms with Crippen molar-refractivity contribution in [3.63, 3.8) is 0 Å². The number of hydrogen-bond acceptors (Lipinski definition) is 4. The number of carbonyl (C=O) groups excluding carboxylic acids is 1. The summed E-state index contributed by atoms with van der Waals surface area (Å²) in [6.07, 6.45) is 0. The first-order chi connectivity index (χ1) is 8.59. The Balaban J connectivity index is 2.19. The van der Waals surface area contributed by atoms with Crippen LogP contribution in [0.25, 0.3) is 0 Å². The minimum atomic E-state index is -0.936. The summed E-state index contributed by atoms with van der Waals surface area (Å²) in [5.41, 5.74) is 6.15. The third kappa shape index (κ3) is 5.42. The minimum Gasteiger partial charge on any atom is -0.478 e. The summed E-state index contributed by atoms with van der Waals surface area (Å²) in [4.78, 5) is 21.0. The maximum Gasteiger partial charge on any atom is 0.335 e. The molecule has 0 atom stereocenters. The zero-order chi connectivity index (χ0) is 13.4. The lowest BCUT2D eigenvalue weighted by molar-refractivity contribution is -0.122. The highest BCUT2D eigenvalue weighted by atomic mass is 16.5. The Labute approximate surface area is 105 Å². The second-order valence-electron chi connectivity index (χ2n) is 3.70. The zero-order valence-corrected chi connectivity index (χ0v) is 9.89. The lowest BCUT2D eigenvalue weighted by Gasteiger charge is -2.05. The van der Waals surface area contributed by atoms with Crippen LogP contribution in [0.5, 0.6) is 0 Å². The van der Waals surface area contributed by atoms with Gasteiger partial charge in [-0.2, -0.15) is 0 Å². The Morgan fingerprint density at radius 2 is 1.94 bits per heavy atom. The lowest BCUT2D eigenvalue weighted by Crippen LogP contribution is -2.23. The molecular weight excluding hydrogens is 236 g/mol. The van der Waals surface area contributed by atoms with Crippen molar-refractivity contribution in [2.24, 2.45) is 5.73 Å². The Morgan fingerprint density at radius 3 is 2.50 bits per heavy atom. The molecule has 0 saturated heterocycles. The first-order valence-corrected chi connectivity index (χ1v) is 5.48. The molecule has 6 nitrogen and oxygen atoms in total. The van der Waals surface area contributed by atoms with Crippen LogP contribution in [0, 0.1) is 0 Å². The van der Waals surface area contributed by atoms with E-state index < -0.39 is 11.9 Å². The van der Waals surface area contributed by atoms with E-state index in [9.17, 15) is 9.59 Å². The quantitative estimate of drug-likeness (QED) is 0.564. The van der Waals surface area contributed by atoms with E-state index in [1.165, 1.54) is 0 Å². The fraction of sp³-hybridized carbons (Fsp3) is 0.333. The van der Waals surface area contributed by atoms with Gasteiger partial charge in [0.1, 0.15) is 6.61 Å². The Bertz CT molecular complexity index is 403. The van der Waals surface area contributed by atoms with Crippen LogP contribution < -0.4 is 11.1 Å². The van der Waals surface area contributed by atoms with Gasteiger partial charge in [-0.25, -0.2) is 4.79 Å². The number of hydrogen-bond donors (Lipinski definition) is 3. The molecular formula is C12H16N2O4. The van der Waals surface area contributed by atoms with Gasteiger partial charge in [0.15, 0.2) is 0 Å². The Hall–Kier alpha value is -1.92. The summed E-state index contributed by atoms with van der Waals surface area (Å²) < 4.78 is 4.97. The van der Waals surface area contributed by atoms with E-state index in [0.717, 1.165) is 5.56 Å². The van der Waals surface area contributed by atoms with E-state index in [1.54, 1.807) is 24.3 Å². The molecule has 18 heavy (non-hydrogen) atoms.